The summed E-state index contributed by atoms with van der Waals surface area (Å²) in [7, 11) is 0. The number of unbranched alkanes of at least 4 members (excludes halogenated alkanes) is 17. The average Bonchev–Trinajstić information content (AvgIpc) is 2.57. The first-order valence-corrected chi connectivity index (χ1v) is 10.9. The predicted octanol–water partition coefficient (Wildman–Crippen LogP) is 8.44. The van der Waals surface area contributed by atoms with Crippen molar-refractivity contribution in [3.05, 3.63) is 0 Å². The molecule has 0 saturated heterocycles. The third-order valence-electron chi connectivity index (χ3n) is 4.69. The van der Waals surface area contributed by atoms with Crippen LogP contribution in [0, 0.1) is 11.8 Å². The second kappa shape index (κ2) is 21.6. The molecule has 0 aromatic rings. The van der Waals surface area contributed by atoms with E-state index in [1.807, 2.05) is 0 Å². The lowest BCUT2D eigenvalue weighted by atomic mass is 10.0. The molecule has 0 aliphatic carbocycles. The van der Waals surface area contributed by atoms with Gasteiger partial charge in [0.05, 0.1) is 0 Å². The third kappa shape index (κ3) is 21.6. The number of rotatable bonds is 17. The van der Waals surface area contributed by atoms with E-state index in [2.05, 4.69) is 25.7 Å². The SMILES string of the molecule is CCCCCCC#CCCCCCCCCCCCCCCC. The molecule has 23 heavy (non-hydrogen) atoms. The minimum absolute atomic E-state index is 1.12. The summed E-state index contributed by atoms with van der Waals surface area (Å²) in [6.07, 6.45) is 26.3. The van der Waals surface area contributed by atoms with Gasteiger partial charge in [0.25, 0.3) is 0 Å². The molecular weight excluding hydrogens is 276 g/mol. The normalized spacial score (nSPS) is 10.5. The highest BCUT2D eigenvalue weighted by Crippen LogP contribution is 2.12. The average molecular weight is 321 g/mol. The van der Waals surface area contributed by atoms with Crippen LogP contribution in [-0.2, 0) is 0 Å². The van der Waals surface area contributed by atoms with Gasteiger partial charge < -0.3 is 0 Å². The Morgan fingerprint density at radius 2 is 0.609 bits per heavy atom. The molecule has 0 aliphatic heterocycles. The molecule has 0 radical (unpaired) electrons. The van der Waals surface area contributed by atoms with E-state index in [9.17, 15) is 0 Å². The van der Waals surface area contributed by atoms with Crippen molar-refractivity contribution < 1.29 is 0 Å². The highest BCUT2D eigenvalue weighted by Gasteiger charge is 1.93. The van der Waals surface area contributed by atoms with Crippen molar-refractivity contribution in [2.75, 3.05) is 0 Å². The highest BCUT2D eigenvalue weighted by atomic mass is 14.0. The zero-order valence-electron chi connectivity index (χ0n) is 16.4. The Hall–Kier alpha value is -0.440. The molecule has 0 unspecified atom stereocenters. The lowest BCUT2D eigenvalue weighted by Crippen LogP contribution is -1.82. The summed E-state index contributed by atoms with van der Waals surface area (Å²) >= 11 is 0. The quantitative estimate of drug-likeness (QED) is 0.186. The van der Waals surface area contributed by atoms with Gasteiger partial charge in [-0.05, 0) is 12.8 Å². The van der Waals surface area contributed by atoms with E-state index in [1.165, 1.54) is 109 Å². The number of hydrogen-bond acceptors (Lipinski definition) is 0. The van der Waals surface area contributed by atoms with Crippen molar-refractivity contribution in [3.8, 4) is 11.8 Å². The molecule has 0 heterocycles. The monoisotopic (exact) mass is 320 g/mol. The van der Waals surface area contributed by atoms with Gasteiger partial charge in [0, 0.05) is 12.8 Å². The molecule has 0 bridgehead atoms. The van der Waals surface area contributed by atoms with Crippen LogP contribution in [0.3, 0.4) is 0 Å². The van der Waals surface area contributed by atoms with E-state index in [0.29, 0.717) is 0 Å². The molecule has 0 rings (SSSR count). The van der Waals surface area contributed by atoms with Crippen molar-refractivity contribution >= 4 is 0 Å². The van der Waals surface area contributed by atoms with E-state index < -0.39 is 0 Å². The maximum Gasteiger partial charge on any atom is 0.00886 e. The van der Waals surface area contributed by atoms with Crippen LogP contribution in [0.4, 0.5) is 0 Å². The number of hydrogen-bond donors (Lipinski definition) is 0. The van der Waals surface area contributed by atoms with E-state index in [4.69, 9.17) is 0 Å². The molecule has 0 heteroatoms. The predicted molar refractivity (Wildman–Crippen MR) is 107 cm³/mol. The van der Waals surface area contributed by atoms with E-state index >= 15 is 0 Å². The minimum atomic E-state index is 1.12. The van der Waals surface area contributed by atoms with Crippen LogP contribution in [0.15, 0.2) is 0 Å². The molecular formula is C23H44. The Kier molecular flexibility index (Phi) is 21.1. The van der Waals surface area contributed by atoms with Gasteiger partial charge in [-0.2, -0.15) is 0 Å². The van der Waals surface area contributed by atoms with Gasteiger partial charge in [-0.3, -0.25) is 0 Å². The topological polar surface area (TPSA) is 0 Å². The summed E-state index contributed by atoms with van der Waals surface area (Å²) in [5.74, 6) is 6.69. The fourth-order valence-corrected chi connectivity index (χ4v) is 3.05. The molecule has 0 N–H and O–H groups in total. The van der Waals surface area contributed by atoms with Gasteiger partial charge in [-0.1, -0.05) is 110 Å². The van der Waals surface area contributed by atoms with Gasteiger partial charge in [0.15, 0.2) is 0 Å². The molecule has 0 aromatic heterocycles. The second-order valence-electron chi connectivity index (χ2n) is 7.16. The molecule has 0 nitrogen and oxygen atoms in total. The molecule has 0 spiro atoms. The van der Waals surface area contributed by atoms with E-state index in [0.717, 1.165) is 12.8 Å². The van der Waals surface area contributed by atoms with Crippen LogP contribution in [0.5, 0.6) is 0 Å². The van der Waals surface area contributed by atoms with Crippen LogP contribution in [0.25, 0.3) is 0 Å². The first-order valence-electron chi connectivity index (χ1n) is 10.9. The summed E-state index contributed by atoms with van der Waals surface area (Å²) < 4.78 is 0. The molecule has 0 aromatic carbocycles. The van der Waals surface area contributed by atoms with Gasteiger partial charge in [-0.25, -0.2) is 0 Å². The van der Waals surface area contributed by atoms with Crippen molar-refractivity contribution in [2.24, 2.45) is 0 Å². The van der Waals surface area contributed by atoms with E-state index in [1.54, 1.807) is 0 Å². The molecule has 0 saturated carbocycles. The zero-order chi connectivity index (χ0) is 16.8. The summed E-state index contributed by atoms with van der Waals surface area (Å²) in [6, 6.07) is 0. The maximum atomic E-state index is 3.35. The highest BCUT2D eigenvalue weighted by molar-refractivity contribution is 4.98. The summed E-state index contributed by atoms with van der Waals surface area (Å²) in [4.78, 5) is 0. The van der Waals surface area contributed by atoms with Crippen molar-refractivity contribution in [1.82, 2.24) is 0 Å². The van der Waals surface area contributed by atoms with Crippen LogP contribution in [0.1, 0.15) is 136 Å². The van der Waals surface area contributed by atoms with Crippen LogP contribution >= 0.6 is 0 Å². The Labute approximate surface area is 148 Å². The zero-order valence-corrected chi connectivity index (χ0v) is 16.4. The first-order chi connectivity index (χ1) is 11.4. The van der Waals surface area contributed by atoms with Crippen molar-refractivity contribution in [3.63, 3.8) is 0 Å². The fourth-order valence-electron chi connectivity index (χ4n) is 3.05. The van der Waals surface area contributed by atoms with Gasteiger partial charge >= 0.3 is 0 Å². The standard InChI is InChI=1S/C23H44/c1-3-5-7-9-11-13-15-17-19-21-23-22-20-18-16-14-12-10-8-6-4-2/h3-13,15,17-23H2,1-2H3. The van der Waals surface area contributed by atoms with Crippen molar-refractivity contribution in [2.45, 2.75) is 136 Å². The largest absolute Gasteiger partial charge is 0.103 e. The Morgan fingerprint density at radius 3 is 0.957 bits per heavy atom. The first kappa shape index (κ1) is 22.6. The fraction of sp³-hybridized carbons (Fsp3) is 0.913. The summed E-state index contributed by atoms with van der Waals surface area (Å²) in [6.45, 7) is 4.56. The Bertz CT molecular complexity index is 255. The minimum Gasteiger partial charge on any atom is -0.103 e. The molecule has 0 amide bonds. The lowest BCUT2D eigenvalue weighted by Gasteiger charge is -2.02. The Morgan fingerprint density at radius 1 is 0.348 bits per heavy atom. The molecule has 0 fully saturated rings. The second-order valence-corrected chi connectivity index (χ2v) is 7.16. The van der Waals surface area contributed by atoms with Crippen LogP contribution in [-0.4, -0.2) is 0 Å². The summed E-state index contributed by atoms with van der Waals surface area (Å²) in [5, 5.41) is 0. The van der Waals surface area contributed by atoms with Crippen molar-refractivity contribution in [1.29, 1.82) is 0 Å². The van der Waals surface area contributed by atoms with Crippen LogP contribution < -0.4 is 0 Å². The lowest BCUT2D eigenvalue weighted by molar-refractivity contribution is 0.540. The Balaban J connectivity index is 3.04. The smallest absolute Gasteiger partial charge is 0.00886 e. The maximum absolute atomic E-state index is 3.35. The van der Waals surface area contributed by atoms with E-state index in [-0.39, 0.29) is 0 Å². The third-order valence-corrected chi connectivity index (χ3v) is 4.69. The van der Waals surface area contributed by atoms with Crippen LogP contribution in [0.2, 0.25) is 0 Å². The molecule has 136 valence electrons. The summed E-state index contributed by atoms with van der Waals surface area (Å²) in [5.41, 5.74) is 0. The van der Waals surface area contributed by atoms with Gasteiger partial charge in [0.2, 0.25) is 0 Å². The molecule has 0 aliphatic rings. The molecule has 0 atom stereocenters. The van der Waals surface area contributed by atoms with Gasteiger partial charge in [-0.15, -0.1) is 11.8 Å². The van der Waals surface area contributed by atoms with Gasteiger partial charge in [0.1, 0.15) is 0 Å².